The molecule has 1 aliphatic carbocycles. The minimum atomic E-state index is -5.12. The molecule has 8 atom stereocenters. The van der Waals surface area contributed by atoms with Crippen LogP contribution < -0.4 is 0 Å². The largest absolute Gasteiger partial charge is 0.472 e. The third-order valence-electron chi connectivity index (χ3n) is 10.0. The number of hydrogen-bond acceptors (Lipinski definition) is 12. The van der Waals surface area contributed by atoms with Crippen LogP contribution in [0.15, 0.2) is 48.6 Å². The maximum atomic E-state index is 12.8. The van der Waals surface area contributed by atoms with Crippen molar-refractivity contribution in [1.29, 1.82) is 0 Å². The predicted octanol–water partition coefficient (Wildman–Crippen LogP) is 8.00. The molecule has 1 rings (SSSR count). The molecule has 0 aromatic carbocycles. The van der Waals surface area contributed by atoms with Crippen LogP contribution in [0.2, 0.25) is 0 Å². The first kappa shape index (κ1) is 53.8. The van der Waals surface area contributed by atoms with E-state index >= 15 is 0 Å². The number of ether oxygens (including phenoxy) is 2. The van der Waals surface area contributed by atoms with Gasteiger partial charge in [-0.2, -0.15) is 0 Å². The van der Waals surface area contributed by atoms with Gasteiger partial charge >= 0.3 is 19.8 Å². The smallest absolute Gasteiger partial charge is 0.462 e. The quantitative estimate of drug-likeness (QED) is 0.0155. The van der Waals surface area contributed by atoms with Crippen molar-refractivity contribution < 1.29 is 63.1 Å². The summed E-state index contributed by atoms with van der Waals surface area (Å²) in [4.78, 5) is 35.6. The fourth-order valence-electron chi connectivity index (χ4n) is 6.47. The van der Waals surface area contributed by atoms with Gasteiger partial charge in [0.05, 0.1) is 6.61 Å². The van der Waals surface area contributed by atoms with Gasteiger partial charge in [-0.3, -0.25) is 18.6 Å². The number of allylic oxidation sites excluding steroid dienone is 8. The number of phosphoric ester groups is 1. The minimum absolute atomic E-state index is 0.0704. The highest BCUT2D eigenvalue weighted by atomic mass is 31.2. The van der Waals surface area contributed by atoms with Gasteiger partial charge in [0, 0.05) is 12.8 Å². The Hall–Kier alpha value is -2.19. The molecule has 0 heterocycles. The molecule has 0 saturated heterocycles. The van der Waals surface area contributed by atoms with Crippen LogP contribution in [-0.4, -0.2) is 98.3 Å². The van der Waals surface area contributed by atoms with Crippen LogP contribution in [0.1, 0.15) is 162 Å². The van der Waals surface area contributed by atoms with Gasteiger partial charge in [0.25, 0.3) is 0 Å². The van der Waals surface area contributed by atoms with Crippen molar-refractivity contribution in [1.82, 2.24) is 0 Å². The zero-order valence-electron chi connectivity index (χ0n) is 35.3. The molecule has 0 bridgehead atoms. The van der Waals surface area contributed by atoms with E-state index in [9.17, 15) is 44.6 Å². The first-order valence-electron chi connectivity index (χ1n) is 22.0. The van der Waals surface area contributed by atoms with E-state index in [2.05, 4.69) is 26.0 Å². The normalized spacial score (nSPS) is 23.0. The lowest BCUT2D eigenvalue weighted by Crippen LogP contribution is -2.64. The minimum Gasteiger partial charge on any atom is -0.462 e. The van der Waals surface area contributed by atoms with Crippen LogP contribution in [0.5, 0.6) is 0 Å². The van der Waals surface area contributed by atoms with Crippen molar-refractivity contribution in [3.05, 3.63) is 48.6 Å². The number of esters is 2. The van der Waals surface area contributed by atoms with Crippen molar-refractivity contribution in [3.63, 3.8) is 0 Å². The van der Waals surface area contributed by atoms with E-state index in [0.29, 0.717) is 12.8 Å². The van der Waals surface area contributed by atoms with Crippen LogP contribution in [-0.2, 0) is 32.7 Å². The Labute approximate surface area is 348 Å². The Morgan fingerprint density at radius 1 is 0.552 bits per heavy atom. The first-order valence-corrected chi connectivity index (χ1v) is 23.5. The number of phosphoric acid groups is 1. The second kappa shape index (κ2) is 34.5. The van der Waals surface area contributed by atoms with E-state index in [1.54, 1.807) is 0 Å². The molecule has 0 aromatic heterocycles. The molecular weight excluding hydrogens is 767 g/mol. The lowest BCUT2D eigenvalue weighted by atomic mass is 9.85. The standard InChI is InChI=1S/C44H77O13P/c1-3-5-7-9-11-13-15-17-19-21-23-25-27-29-31-33-38(46)56-36(35-55-58(52,53)57-44-42(50)40(48)39(47)41(49)43(44)51)34-54-37(45)32-30-28-26-24-22-20-18-16-14-12-10-8-6-4-2/h5,7,9,11,13,15,17,19,36,39-44,47-51H,3-4,6,8,10,12,14,16,18,20-35H2,1-2H3,(H,52,53)/b7-5+,11-9+,15-13+,19-17+/t36-,39?,40-,41?,42?,43?,44?/m0/s1. The second-order valence-electron chi connectivity index (χ2n) is 15.3. The lowest BCUT2D eigenvalue weighted by molar-refractivity contribution is -0.220. The zero-order chi connectivity index (χ0) is 42.9. The number of hydrogen-bond donors (Lipinski definition) is 6. The molecule has 1 saturated carbocycles. The van der Waals surface area contributed by atoms with Gasteiger partial charge in [-0.15, -0.1) is 0 Å². The van der Waals surface area contributed by atoms with Gasteiger partial charge in [-0.05, 0) is 32.1 Å². The fraction of sp³-hybridized carbons (Fsp3) is 0.773. The number of aliphatic hydroxyl groups is 5. The summed E-state index contributed by atoms with van der Waals surface area (Å²) >= 11 is 0. The lowest BCUT2D eigenvalue weighted by Gasteiger charge is -2.41. The van der Waals surface area contributed by atoms with Crippen molar-refractivity contribution in [2.75, 3.05) is 13.2 Å². The van der Waals surface area contributed by atoms with E-state index in [-0.39, 0.29) is 12.8 Å². The maximum absolute atomic E-state index is 12.8. The molecule has 6 unspecified atom stereocenters. The second-order valence-corrected chi connectivity index (χ2v) is 16.7. The molecule has 336 valence electrons. The van der Waals surface area contributed by atoms with E-state index < -0.39 is 75.7 Å². The zero-order valence-corrected chi connectivity index (χ0v) is 36.2. The number of rotatable bonds is 35. The maximum Gasteiger partial charge on any atom is 0.472 e. The monoisotopic (exact) mass is 845 g/mol. The Morgan fingerprint density at radius 2 is 0.983 bits per heavy atom. The van der Waals surface area contributed by atoms with Gasteiger partial charge in [0.15, 0.2) is 6.10 Å². The van der Waals surface area contributed by atoms with Crippen LogP contribution in [0, 0.1) is 0 Å². The molecule has 0 aliphatic heterocycles. The molecule has 13 nitrogen and oxygen atoms in total. The van der Waals surface area contributed by atoms with Gasteiger partial charge < -0.3 is 39.9 Å². The summed E-state index contributed by atoms with van der Waals surface area (Å²) in [5, 5.41) is 50.1. The van der Waals surface area contributed by atoms with E-state index in [0.717, 1.165) is 57.8 Å². The Bertz CT molecular complexity index is 1210. The van der Waals surface area contributed by atoms with Crippen LogP contribution in [0.25, 0.3) is 0 Å². The average molecular weight is 845 g/mol. The van der Waals surface area contributed by atoms with Crippen molar-refractivity contribution in [2.45, 2.75) is 204 Å². The molecule has 1 fully saturated rings. The third-order valence-corrected chi connectivity index (χ3v) is 11.0. The number of carbonyl (C=O) groups excluding carboxylic acids is 2. The van der Waals surface area contributed by atoms with Gasteiger partial charge in [0.1, 0.15) is 43.2 Å². The Kier molecular flexibility index (Phi) is 32.0. The van der Waals surface area contributed by atoms with Crippen LogP contribution in [0.4, 0.5) is 0 Å². The SMILES string of the molecule is CC/C=C/C=C/C=C/C=C/CCCCCCCC(=O)O[C@@H](COC(=O)CCCCCCCCCCCCCCCC)COP(=O)(O)OC1C(O)C(O)C(O)[C@H](O)C1O. The van der Waals surface area contributed by atoms with E-state index in [1.165, 1.54) is 64.2 Å². The number of carbonyl (C=O) groups is 2. The average Bonchev–Trinajstić information content (AvgIpc) is 3.20. The van der Waals surface area contributed by atoms with Gasteiger partial charge in [-0.25, -0.2) is 4.57 Å². The topological polar surface area (TPSA) is 210 Å². The highest BCUT2D eigenvalue weighted by Gasteiger charge is 2.51. The molecule has 58 heavy (non-hydrogen) atoms. The molecule has 6 N–H and O–H groups in total. The fourth-order valence-corrected chi connectivity index (χ4v) is 7.45. The summed E-state index contributed by atoms with van der Waals surface area (Å²) in [7, 11) is -5.12. The van der Waals surface area contributed by atoms with Crippen molar-refractivity contribution in [2.24, 2.45) is 0 Å². The number of unbranched alkanes of at least 4 members (excludes halogenated alkanes) is 18. The molecule has 0 radical (unpaired) electrons. The number of aliphatic hydroxyl groups excluding tert-OH is 5. The van der Waals surface area contributed by atoms with Crippen LogP contribution in [0.3, 0.4) is 0 Å². The summed E-state index contributed by atoms with van der Waals surface area (Å²) in [5.41, 5.74) is 0. The van der Waals surface area contributed by atoms with E-state index in [4.69, 9.17) is 18.5 Å². The van der Waals surface area contributed by atoms with Gasteiger partial charge in [0.2, 0.25) is 0 Å². The third kappa shape index (κ3) is 26.8. The Balaban J connectivity index is 2.50. The molecule has 0 aromatic rings. The summed E-state index contributed by atoms with van der Waals surface area (Å²) in [6.45, 7) is 3.13. The van der Waals surface area contributed by atoms with Gasteiger partial charge in [-0.1, -0.05) is 165 Å². The summed E-state index contributed by atoms with van der Waals surface area (Å²) in [5.74, 6) is -1.13. The molecule has 0 spiro atoms. The highest BCUT2D eigenvalue weighted by Crippen LogP contribution is 2.47. The molecule has 14 heteroatoms. The first-order chi connectivity index (χ1) is 27.9. The summed E-state index contributed by atoms with van der Waals surface area (Å²) in [6.07, 6.45) is 26.0. The predicted molar refractivity (Wildman–Crippen MR) is 226 cm³/mol. The van der Waals surface area contributed by atoms with Crippen LogP contribution >= 0.6 is 7.82 Å². The molecule has 1 aliphatic rings. The van der Waals surface area contributed by atoms with E-state index in [1.807, 2.05) is 36.5 Å². The Morgan fingerprint density at radius 3 is 1.50 bits per heavy atom. The highest BCUT2D eigenvalue weighted by molar-refractivity contribution is 7.47. The van der Waals surface area contributed by atoms with Crippen molar-refractivity contribution >= 4 is 19.8 Å². The summed E-state index contributed by atoms with van der Waals surface area (Å²) in [6, 6.07) is 0. The molecule has 0 amide bonds. The van der Waals surface area contributed by atoms with Crippen molar-refractivity contribution in [3.8, 4) is 0 Å². The summed E-state index contributed by atoms with van der Waals surface area (Å²) < 4.78 is 33.4. The molecular formula is C44H77O13P.